The molecule has 1 aliphatic heterocycles. The van der Waals surface area contributed by atoms with Crippen molar-refractivity contribution in [2.45, 2.75) is 19.1 Å². The predicted molar refractivity (Wildman–Crippen MR) is 98.0 cm³/mol. The number of carbonyl (C=O) groups excluding carboxylic acids is 2. The summed E-state index contributed by atoms with van der Waals surface area (Å²) in [5.74, 6) is 0.0987. The Hall–Kier alpha value is -2.53. The van der Waals surface area contributed by atoms with Gasteiger partial charge in [0.05, 0.1) is 0 Å². The lowest BCUT2D eigenvalue weighted by Gasteiger charge is -2.25. The van der Waals surface area contributed by atoms with Crippen LogP contribution in [0.4, 0.5) is 5.69 Å². The van der Waals surface area contributed by atoms with Gasteiger partial charge in [-0.3, -0.25) is 9.59 Å². The highest BCUT2D eigenvalue weighted by Gasteiger charge is 2.34. The van der Waals surface area contributed by atoms with Crippen molar-refractivity contribution < 1.29 is 9.59 Å². The molecule has 0 aliphatic carbocycles. The van der Waals surface area contributed by atoms with E-state index in [4.69, 9.17) is 11.6 Å². The second-order valence-electron chi connectivity index (χ2n) is 6.14. The molecular weight excluding hydrogens is 338 g/mol. The van der Waals surface area contributed by atoms with Crippen LogP contribution >= 0.6 is 11.6 Å². The molecule has 2 N–H and O–H groups in total. The van der Waals surface area contributed by atoms with Crippen LogP contribution < -0.4 is 10.6 Å². The SMILES string of the molecule is O=CNC(Nc1ccc(Cl)cc1)C1CC(=O)N(Cc2ccccc2)C1. The Morgan fingerprint density at radius 2 is 1.88 bits per heavy atom. The Balaban J connectivity index is 1.66. The molecule has 3 rings (SSSR count). The van der Waals surface area contributed by atoms with E-state index in [0.717, 1.165) is 11.3 Å². The van der Waals surface area contributed by atoms with E-state index in [1.807, 2.05) is 47.4 Å². The minimum Gasteiger partial charge on any atom is -0.365 e. The van der Waals surface area contributed by atoms with Gasteiger partial charge in [0.2, 0.25) is 12.3 Å². The van der Waals surface area contributed by atoms with Gasteiger partial charge in [-0.25, -0.2) is 0 Å². The third kappa shape index (κ3) is 4.51. The van der Waals surface area contributed by atoms with E-state index in [2.05, 4.69) is 10.6 Å². The van der Waals surface area contributed by atoms with Gasteiger partial charge in [-0.1, -0.05) is 41.9 Å². The van der Waals surface area contributed by atoms with E-state index in [0.29, 0.717) is 30.9 Å². The summed E-state index contributed by atoms with van der Waals surface area (Å²) >= 11 is 5.90. The average Bonchev–Trinajstić information content (AvgIpc) is 2.98. The highest BCUT2D eigenvalue weighted by molar-refractivity contribution is 6.30. The molecule has 1 aliphatic rings. The van der Waals surface area contributed by atoms with E-state index >= 15 is 0 Å². The molecule has 2 unspecified atom stereocenters. The number of benzene rings is 2. The number of hydrogen-bond acceptors (Lipinski definition) is 3. The first-order valence-corrected chi connectivity index (χ1v) is 8.57. The van der Waals surface area contributed by atoms with Crippen LogP contribution in [-0.2, 0) is 16.1 Å². The fraction of sp³-hybridized carbons (Fsp3) is 0.263. The summed E-state index contributed by atoms with van der Waals surface area (Å²) in [4.78, 5) is 25.2. The van der Waals surface area contributed by atoms with Crippen LogP contribution in [0.15, 0.2) is 54.6 Å². The van der Waals surface area contributed by atoms with Gasteiger partial charge in [0.25, 0.3) is 0 Å². The van der Waals surface area contributed by atoms with Gasteiger partial charge < -0.3 is 15.5 Å². The monoisotopic (exact) mass is 357 g/mol. The van der Waals surface area contributed by atoms with Crippen LogP contribution in [0.2, 0.25) is 5.02 Å². The van der Waals surface area contributed by atoms with Crippen LogP contribution in [-0.4, -0.2) is 29.9 Å². The third-order valence-corrected chi connectivity index (χ3v) is 4.60. The summed E-state index contributed by atoms with van der Waals surface area (Å²) in [6, 6.07) is 17.2. The zero-order chi connectivity index (χ0) is 17.6. The average molecular weight is 358 g/mol. The molecule has 1 fully saturated rings. The summed E-state index contributed by atoms with van der Waals surface area (Å²) in [5.41, 5.74) is 1.94. The number of likely N-dealkylation sites (tertiary alicyclic amines) is 1. The van der Waals surface area contributed by atoms with E-state index < -0.39 is 0 Å². The molecular formula is C19H20ClN3O2. The number of anilines is 1. The van der Waals surface area contributed by atoms with Crippen LogP contribution in [0.5, 0.6) is 0 Å². The smallest absolute Gasteiger partial charge is 0.223 e. The molecule has 0 radical (unpaired) electrons. The number of rotatable bonds is 7. The topological polar surface area (TPSA) is 61.4 Å². The van der Waals surface area contributed by atoms with Crippen LogP contribution in [0.1, 0.15) is 12.0 Å². The molecule has 0 aromatic heterocycles. The van der Waals surface area contributed by atoms with Gasteiger partial charge in [-0.15, -0.1) is 0 Å². The fourth-order valence-corrected chi connectivity index (χ4v) is 3.20. The maximum absolute atomic E-state index is 12.4. The van der Waals surface area contributed by atoms with Gasteiger partial charge in [-0.2, -0.15) is 0 Å². The molecule has 2 aromatic carbocycles. The Bertz CT molecular complexity index is 721. The Labute approximate surface area is 152 Å². The quantitative estimate of drug-likeness (QED) is 0.591. The molecule has 1 saturated heterocycles. The Kier molecular flexibility index (Phi) is 5.56. The maximum atomic E-state index is 12.4. The highest BCUT2D eigenvalue weighted by atomic mass is 35.5. The number of hydrogen-bond donors (Lipinski definition) is 2. The van der Waals surface area contributed by atoms with E-state index in [9.17, 15) is 9.59 Å². The number of carbonyl (C=O) groups is 2. The second-order valence-corrected chi connectivity index (χ2v) is 6.57. The van der Waals surface area contributed by atoms with Crippen molar-refractivity contribution in [3.05, 3.63) is 65.2 Å². The molecule has 2 aromatic rings. The van der Waals surface area contributed by atoms with E-state index in [1.54, 1.807) is 12.1 Å². The number of halogens is 1. The maximum Gasteiger partial charge on any atom is 0.223 e. The first-order valence-electron chi connectivity index (χ1n) is 8.19. The Morgan fingerprint density at radius 1 is 1.16 bits per heavy atom. The molecule has 2 atom stereocenters. The summed E-state index contributed by atoms with van der Waals surface area (Å²) in [5, 5.41) is 6.71. The minimum absolute atomic E-state index is 0.00269. The predicted octanol–water partition coefficient (Wildman–Crippen LogP) is 2.87. The molecule has 0 saturated carbocycles. The summed E-state index contributed by atoms with van der Waals surface area (Å²) in [6.07, 6.45) is 0.750. The third-order valence-electron chi connectivity index (χ3n) is 4.35. The number of nitrogens with one attached hydrogen (secondary N) is 2. The van der Waals surface area contributed by atoms with Crippen molar-refractivity contribution in [1.82, 2.24) is 10.2 Å². The molecule has 2 amide bonds. The van der Waals surface area contributed by atoms with Crippen molar-refractivity contribution in [2.24, 2.45) is 5.92 Å². The van der Waals surface area contributed by atoms with Crippen molar-refractivity contribution in [3.8, 4) is 0 Å². The van der Waals surface area contributed by atoms with Gasteiger partial charge in [0.1, 0.15) is 6.17 Å². The summed E-state index contributed by atoms with van der Waals surface area (Å²) in [7, 11) is 0. The fourth-order valence-electron chi connectivity index (χ4n) is 3.08. The van der Waals surface area contributed by atoms with Gasteiger partial charge in [-0.05, 0) is 29.8 Å². The highest BCUT2D eigenvalue weighted by Crippen LogP contribution is 2.24. The van der Waals surface area contributed by atoms with Gasteiger partial charge in [0.15, 0.2) is 0 Å². The lowest BCUT2D eigenvalue weighted by atomic mass is 10.0. The first kappa shape index (κ1) is 17.3. The molecule has 130 valence electrons. The zero-order valence-corrected chi connectivity index (χ0v) is 14.4. The van der Waals surface area contributed by atoms with Crippen LogP contribution in [0, 0.1) is 5.92 Å². The lowest BCUT2D eigenvalue weighted by Crippen LogP contribution is -2.43. The molecule has 1 heterocycles. The zero-order valence-electron chi connectivity index (χ0n) is 13.7. The summed E-state index contributed by atoms with van der Waals surface area (Å²) in [6.45, 7) is 1.19. The first-order chi connectivity index (χ1) is 12.2. The molecule has 25 heavy (non-hydrogen) atoms. The molecule has 5 nitrogen and oxygen atoms in total. The lowest BCUT2D eigenvalue weighted by molar-refractivity contribution is -0.128. The van der Waals surface area contributed by atoms with Crippen LogP contribution in [0.3, 0.4) is 0 Å². The minimum atomic E-state index is -0.316. The Morgan fingerprint density at radius 3 is 2.56 bits per heavy atom. The van der Waals surface area contributed by atoms with Crippen LogP contribution in [0.25, 0.3) is 0 Å². The second kappa shape index (κ2) is 8.03. The largest absolute Gasteiger partial charge is 0.365 e. The number of amides is 2. The van der Waals surface area contributed by atoms with Gasteiger partial charge >= 0.3 is 0 Å². The molecule has 6 heteroatoms. The molecule has 0 bridgehead atoms. The van der Waals surface area contributed by atoms with Crippen molar-refractivity contribution in [1.29, 1.82) is 0 Å². The van der Waals surface area contributed by atoms with Crippen molar-refractivity contribution >= 4 is 29.6 Å². The van der Waals surface area contributed by atoms with E-state index in [1.165, 1.54) is 0 Å². The number of nitrogens with zero attached hydrogens (tertiary/aromatic N) is 1. The van der Waals surface area contributed by atoms with E-state index in [-0.39, 0.29) is 18.0 Å². The standard InChI is InChI=1S/C19H20ClN3O2/c20-16-6-8-17(9-7-16)22-19(21-13-24)15-10-18(25)23(12-15)11-14-4-2-1-3-5-14/h1-9,13,15,19,22H,10-12H2,(H,21,24). The molecule has 0 spiro atoms. The van der Waals surface area contributed by atoms with Gasteiger partial charge in [0, 0.05) is 36.1 Å². The van der Waals surface area contributed by atoms with Crippen molar-refractivity contribution in [2.75, 3.05) is 11.9 Å². The normalized spacial score (nSPS) is 18.0. The summed E-state index contributed by atoms with van der Waals surface area (Å²) < 4.78 is 0. The van der Waals surface area contributed by atoms with Crippen molar-refractivity contribution in [3.63, 3.8) is 0 Å².